The zero-order valence-corrected chi connectivity index (χ0v) is 74.6. The number of nitrogens with two attached hydrogens (primary N) is 2. The van der Waals surface area contributed by atoms with Crippen LogP contribution in [-0.2, 0) is 46.5 Å². The van der Waals surface area contributed by atoms with E-state index in [0.29, 0.717) is 60.8 Å². The Morgan fingerprint density at radius 3 is 1.03 bits per heavy atom. The van der Waals surface area contributed by atoms with Gasteiger partial charge in [0.05, 0.1) is 72.5 Å². The normalized spacial score (nSPS) is 11.9. The van der Waals surface area contributed by atoms with Gasteiger partial charge in [0.2, 0.25) is 11.6 Å². The van der Waals surface area contributed by atoms with Crippen LogP contribution < -0.4 is 11.5 Å². The number of nitrogen functional groups attached to an aromatic ring is 1. The van der Waals surface area contributed by atoms with Crippen molar-refractivity contribution in [2.75, 3.05) is 5.73 Å². The molecule has 7 atom stereocenters. The Morgan fingerprint density at radius 2 is 0.732 bits per heavy atom. The molecule has 2 heterocycles. The van der Waals surface area contributed by atoms with Crippen LogP contribution in [0.25, 0.3) is 11.4 Å². The Kier molecular flexibility index (Phi) is 42.1. The number of carboxylic acid groups (broad SMARTS) is 2. The first-order chi connectivity index (χ1) is 59.6. The number of carboxylic acids is 2. The van der Waals surface area contributed by atoms with Crippen molar-refractivity contribution in [1.82, 2.24) is 19.6 Å². The molecular weight excluding hydrogens is 1810 g/mol. The van der Waals surface area contributed by atoms with Crippen LogP contribution in [0.2, 0.25) is 10.0 Å². The molecule has 0 aliphatic carbocycles. The number of halogens is 10. The van der Waals surface area contributed by atoms with Crippen LogP contribution >= 0.6 is 45.8 Å². The van der Waals surface area contributed by atoms with Crippen LogP contribution in [0.15, 0.2) is 188 Å². The van der Waals surface area contributed by atoms with Gasteiger partial charge in [0.25, 0.3) is 0 Å². The maximum Gasteiger partial charge on any atom is 0.310 e. The van der Waals surface area contributed by atoms with E-state index in [1.54, 1.807) is 93.9 Å². The number of nitriles is 3. The van der Waals surface area contributed by atoms with Gasteiger partial charge in [-0.2, -0.15) is 34.8 Å². The summed E-state index contributed by atoms with van der Waals surface area (Å²) in [5, 5.41) is 73.9. The van der Waals surface area contributed by atoms with Crippen LogP contribution in [0.1, 0.15) is 202 Å². The predicted octanol–water partition coefficient (Wildman–Crippen LogP) is 21.3. The number of hydrogen-bond donors (Lipinski definition) is 4. The summed E-state index contributed by atoms with van der Waals surface area (Å²) in [5.41, 5.74) is 18.8. The lowest BCUT2D eigenvalue weighted by molar-refractivity contribution is -0.387. The van der Waals surface area contributed by atoms with Gasteiger partial charge in [-0.1, -0.05) is 112 Å². The Morgan fingerprint density at radius 1 is 0.433 bits per heavy atom. The van der Waals surface area contributed by atoms with Gasteiger partial charge < -0.3 is 21.7 Å². The number of aliphatic carboxylic acids is 2. The third-order valence-electron chi connectivity index (χ3n) is 19.6. The minimum Gasteiger partial charge on any atom is -0.481 e. The molecular formula is C93H89Cl2F7IN11O13. The first-order valence-corrected chi connectivity index (χ1v) is 40.2. The van der Waals surface area contributed by atoms with Gasteiger partial charge in [-0.15, -0.1) is 0 Å². The fourth-order valence-electron chi connectivity index (χ4n) is 11.1. The quantitative estimate of drug-likeness (QED) is 0.0161. The van der Waals surface area contributed by atoms with Crippen molar-refractivity contribution in [3.8, 4) is 29.6 Å². The summed E-state index contributed by atoms with van der Waals surface area (Å²) >= 11 is 13.9. The average Bonchev–Trinajstić information content (AvgIpc) is 1.71. The number of carbonyl (C=O) groups is 7. The van der Waals surface area contributed by atoms with E-state index in [4.69, 9.17) is 60.7 Å². The Balaban J connectivity index is 0.000000309. The van der Waals surface area contributed by atoms with E-state index < -0.39 is 91.7 Å². The zero-order chi connectivity index (χ0) is 95.7. The molecule has 0 aliphatic heterocycles. The molecule has 0 bridgehead atoms. The number of ketones is 5. The van der Waals surface area contributed by atoms with Crippen molar-refractivity contribution in [2.45, 2.75) is 151 Å². The van der Waals surface area contributed by atoms with Crippen LogP contribution in [-0.4, -0.2) is 80.5 Å². The molecule has 24 nitrogen and oxygen atoms in total. The van der Waals surface area contributed by atoms with E-state index in [1.165, 1.54) is 108 Å². The summed E-state index contributed by atoms with van der Waals surface area (Å²) in [7, 11) is 0. The molecule has 0 fully saturated rings. The number of hydrogen-bond acceptors (Lipinski definition) is 18. The van der Waals surface area contributed by atoms with E-state index >= 15 is 0 Å². The molecule has 9 aromatic carbocycles. The van der Waals surface area contributed by atoms with E-state index in [0.717, 1.165) is 70.0 Å². The molecule has 0 spiro atoms. The topological polar surface area (TPSA) is 405 Å². The molecule has 0 amide bonds. The van der Waals surface area contributed by atoms with Gasteiger partial charge in [0, 0.05) is 74.0 Å². The van der Waals surface area contributed by atoms with Crippen molar-refractivity contribution < 1.29 is 84.4 Å². The molecule has 11 rings (SSSR count). The number of rotatable bonds is 22. The number of benzene rings is 9. The molecule has 0 saturated heterocycles. The minimum atomic E-state index is -1.11. The molecule has 11 aromatic rings. The summed E-state index contributed by atoms with van der Waals surface area (Å²) in [5.74, 6) is -10.1. The number of nitrogens with zero attached hydrogens (tertiary/aromatic N) is 9. The maximum absolute atomic E-state index is 13.8. The zero-order valence-electron chi connectivity index (χ0n) is 70.9. The summed E-state index contributed by atoms with van der Waals surface area (Å²) in [4.78, 5) is 96.8. The van der Waals surface area contributed by atoms with Gasteiger partial charge in [0.1, 0.15) is 76.2 Å². The number of Topliss-reactive ketones (excluding diaryl/α,β-unsaturated/α-hetero) is 5. The molecule has 7 unspecified atom stereocenters. The molecule has 2 aromatic heterocycles. The number of nitro groups is 2. The van der Waals surface area contributed by atoms with E-state index in [2.05, 4.69) is 10.2 Å². The molecule has 0 radical (unpaired) electrons. The van der Waals surface area contributed by atoms with Gasteiger partial charge in [-0.25, -0.2) is 31.3 Å². The van der Waals surface area contributed by atoms with Crippen LogP contribution in [0.4, 0.5) is 47.8 Å². The Labute approximate surface area is 751 Å². The highest BCUT2D eigenvalue weighted by Crippen LogP contribution is 2.30. The Hall–Kier alpha value is -13.5. The fourth-order valence-corrected chi connectivity index (χ4v) is 11.8. The second-order valence-corrected chi connectivity index (χ2v) is 30.7. The van der Waals surface area contributed by atoms with Crippen LogP contribution in [0.5, 0.6) is 0 Å². The Bertz CT molecular complexity index is 5750. The second kappa shape index (κ2) is 50.5. The summed E-state index contributed by atoms with van der Waals surface area (Å²) in [6.07, 6.45) is 0.809. The number of aromatic nitrogens is 4. The van der Waals surface area contributed by atoms with E-state index in [1.807, 2.05) is 95.7 Å². The summed E-state index contributed by atoms with van der Waals surface area (Å²) in [6.45, 7) is 21.6. The van der Waals surface area contributed by atoms with Gasteiger partial charge in [0.15, 0.2) is 0 Å². The van der Waals surface area contributed by atoms with E-state index in [9.17, 15) is 84.5 Å². The monoisotopic (exact) mass is 1900 g/mol. The second-order valence-electron chi connectivity index (χ2n) is 28.6. The number of aryl methyl sites for hydroxylation is 3. The van der Waals surface area contributed by atoms with Crippen molar-refractivity contribution >= 4 is 104 Å². The highest BCUT2D eigenvalue weighted by atomic mass is 127. The molecule has 34 heteroatoms. The van der Waals surface area contributed by atoms with E-state index in [-0.39, 0.29) is 80.4 Å². The standard InChI is InChI=1S/C22H19ClFN3O.C11H12ClN3.C11H10FNO.C10H10FIO.C10H10FNO3.C10H8FNO2.C10H12FNO.C9H8FNO4/c1-14-10-20(27(26-14)19-5-3-4-18(23)12-19)8-9-22(28)15(2)16-6-7-17(13-25)21(24)11-16;1-8-5-11(7-13)15(14-8)10-4-2-3-9(12)6-10;1-7(8(2)14)9-3-4-10(6-13)11(12)5-9;1-6(7(2)13)8-3-4-10(12)9(11)5-8;1-6(7(2)13)8-3-4-10(12(14)15)9(11)5-8;1-6(10(13)14)7-2-3-8(5-12)9(11)4-7;1-6(7(2)13)8-3-4-10(12)9(11)5-8;1-5(9(12)13)6-2-3-8(11(14)15)7(10)4-6/h3-7,10-12,15H,8-9H2,1-2H3;2-6H,7,13H2,1H3;3-5,7H,1-2H3;3-6H,1-2H3;3-6H,1-2H3;2-4,6H,1H3,(H,13,14);3-6H,12H2,1-2H3;2-5H,1H3,(H,12,13). The first kappa shape index (κ1) is 106. The summed E-state index contributed by atoms with van der Waals surface area (Å²) < 4.78 is 96.5. The van der Waals surface area contributed by atoms with Crippen molar-refractivity contribution in [3.63, 3.8) is 0 Å². The summed E-state index contributed by atoms with van der Waals surface area (Å²) in [6, 6.07) is 52.3. The molecule has 127 heavy (non-hydrogen) atoms. The molecule has 664 valence electrons. The molecule has 6 N–H and O–H groups in total. The van der Waals surface area contributed by atoms with Gasteiger partial charge in [-0.3, -0.25) is 53.8 Å². The maximum atomic E-state index is 13.8. The lowest BCUT2D eigenvalue weighted by atomic mass is 9.93. The highest BCUT2D eigenvalue weighted by molar-refractivity contribution is 14.1. The largest absolute Gasteiger partial charge is 0.481 e. The minimum absolute atomic E-state index is 0.000560. The fraction of sp³-hybridized carbons (Fsp3) is 0.247. The van der Waals surface area contributed by atoms with Crippen LogP contribution in [0, 0.1) is 112 Å². The van der Waals surface area contributed by atoms with Crippen molar-refractivity contribution in [1.29, 1.82) is 15.8 Å². The lowest BCUT2D eigenvalue weighted by Gasteiger charge is -2.12. The molecule has 0 aliphatic rings. The number of nitro benzene ring substituents is 2. The van der Waals surface area contributed by atoms with Crippen molar-refractivity contribution in [2.24, 2.45) is 5.73 Å². The third kappa shape index (κ3) is 32.2. The predicted molar refractivity (Wildman–Crippen MR) is 474 cm³/mol. The lowest BCUT2D eigenvalue weighted by Crippen LogP contribution is -2.12. The first-order valence-electron chi connectivity index (χ1n) is 38.4. The molecule has 0 saturated carbocycles. The highest BCUT2D eigenvalue weighted by Gasteiger charge is 2.24. The third-order valence-corrected chi connectivity index (χ3v) is 20.9. The average molecular weight is 1900 g/mol. The van der Waals surface area contributed by atoms with Gasteiger partial charge in [-0.05, 0) is 245 Å². The number of anilines is 1. The van der Waals surface area contributed by atoms with Gasteiger partial charge >= 0.3 is 23.3 Å². The smallest absolute Gasteiger partial charge is 0.310 e. The van der Waals surface area contributed by atoms with Crippen LogP contribution in [0.3, 0.4) is 0 Å². The number of carbonyl (C=O) groups excluding carboxylic acids is 5. The SMILES string of the molecule is CC(=O)C(C)c1ccc(C#N)c(F)c1.CC(=O)C(C)c1ccc(I)c(F)c1.CC(=O)C(C)c1ccc(N)c(F)c1.CC(=O)C(C)c1ccc([N+](=O)[O-])c(F)c1.CC(C(=O)O)c1ccc(C#N)c(F)c1.CC(C(=O)O)c1ccc([N+](=O)[O-])c(F)c1.Cc1cc(CCC(=O)C(C)c2ccc(C#N)c(F)c2)n(-c2cccc(Cl)c2)n1.Cc1cc(CN)n(-c2cccc(Cl)c2)n1. The van der Waals surface area contributed by atoms with Crippen molar-refractivity contribution in [3.05, 3.63) is 341 Å².